The van der Waals surface area contributed by atoms with E-state index in [-0.39, 0.29) is 5.91 Å². The molecule has 0 atom stereocenters. The minimum absolute atomic E-state index is 0.348. The summed E-state index contributed by atoms with van der Waals surface area (Å²) in [7, 11) is 0. The maximum absolute atomic E-state index is 12.5. The number of hydrogen-bond acceptors (Lipinski definition) is 4. The molecule has 4 aromatic rings. The van der Waals surface area contributed by atoms with Gasteiger partial charge < -0.3 is 4.57 Å². The molecule has 0 N–H and O–H groups in total. The molecule has 0 bridgehead atoms. The van der Waals surface area contributed by atoms with Crippen LogP contribution in [0.25, 0.3) is 11.4 Å². The lowest BCUT2D eigenvalue weighted by atomic mass is 10.2. The largest absolute Gasteiger partial charge is 0.319 e. The van der Waals surface area contributed by atoms with Gasteiger partial charge in [-0.1, -0.05) is 60.7 Å². The zero-order chi connectivity index (χ0) is 18.5. The first-order valence-corrected chi connectivity index (χ1v) is 9.32. The molecule has 0 aliphatic carbocycles. The molecule has 2 heterocycles. The van der Waals surface area contributed by atoms with E-state index in [1.807, 2.05) is 76.8 Å². The van der Waals surface area contributed by atoms with Gasteiger partial charge in [0, 0.05) is 36.1 Å². The summed E-state index contributed by atoms with van der Waals surface area (Å²) < 4.78 is 1.96. The van der Waals surface area contributed by atoms with Crippen molar-refractivity contribution in [3.63, 3.8) is 0 Å². The van der Waals surface area contributed by atoms with Crippen molar-refractivity contribution in [2.24, 2.45) is 4.99 Å². The van der Waals surface area contributed by atoms with E-state index in [1.165, 1.54) is 23.7 Å². The van der Waals surface area contributed by atoms with Gasteiger partial charge in [-0.05, 0) is 5.56 Å². The Kier molecular flexibility index (Phi) is 4.98. The van der Waals surface area contributed by atoms with Crippen molar-refractivity contribution in [2.45, 2.75) is 6.54 Å². The summed E-state index contributed by atoms with van der Waals surface area (Å²) in [6.07, 6.45) is 4.98. The number of amides is 1. The first kappa shape index (κ1) is 17.1. The van der Waals surface area contributed by atoms with Gasteiger partial charge in [0.05, 0.1) is 5.56 Å². The van der Waals surface area contributed by atoms with E-state index in [4.69, 9.17) is 0 Å². The van der Waals surface area contributed by atoms with Crippen LogP contribution in [0.5, 0.6) is 0 Å². The first-order chi connectivity index (χ1) is 13.3. The van der Waals surface area contributed by atoms with Crippen molar-refractivity contribution in [3.05, 3.63) is 101 Å². The number of hydrogen-bond donors (Lipinski definition) is 0. The van der Waals surface area contributed by atoms with E-state index in [2.05, 4.69) is 15.0 Å². The average Bonchev–Trinajstić information content (AvgIpc) is 3.16. The SMILES string of the molecule is O=C(N=c1sccn1Cc1ccccc1)c1cnc(-c2ccccc2)nc1. The van der Waals surface area contributed by atoms with Crippen molar-refractivity contribution in [1.29, 1.82) is 0 Å². The minimum atomic E-state index is -0.348. The number of carbonyl (C=O) groups is 1. The van der Waals surface area contributed by atoms with E-state index < -0.39 is 0 Å². The van der Waals surface area contributed by atoms with Crippen LogP contribution in [0.4, 0.5) is 0 Å². The predicted octanol–water partition coefficient (Wildman–Crippen LogP) is 3.80. The molecule has 0 aliphatic rings. The summed E-state index contributed by atoms with van der Waals surface area (Å²) in [6, 6.07) is 19.7. The van der Waals surface area contributed by atoms with Gasteiger partial charge in [-0.2, -0.15) is 4.99 Å². The molecule has 0 saturated heterocycles. The third kappa shape index (κ3) is 4.07. The maximum Gasteiger partial charge on any atom is 0.282 e. The van der Waals surface area contributed by atoms with Crippen LogP contribution >= 0.6 is 11.3 Å². The number of rotatable bonds is 4. The standard InChI is InChI=1S/C21H16N4OS/c26-20(18-13-22-19(23-14-18)17-9-5-2-6-10-17)24-21-25(11-12-27-21)15-16-7-3-1-4-8-16/h1-14H,15H2. The lowest BCUT2D eigenvalue weighted by Gasteiger charge is -2.03. The molecule has 2 aromatic carbocycles. The predicted molar refractivity (Wildman–Crippen MR) is 105 cm³/mol. The third-order valence-corrected chi connectivity index (χ3v) is 4.78. The molecular weight excluding hydrogens is 356 g/mol. The molecule has 1 amide bonds. The van der Waals surface area contributed by atoms with E-state index in [0.29, 0.717) is 22.7 Å². The highest BCUT2D eigenvalue weighted by Gasteiger charge is 2.08. The molecule has 132 valence electrons. The fourth-order valence-electron chi connectivity index (χ4n) is 2.61. The van der Waals surface area contributed by atoms with Gasteiger partial charge in [0.2, 0.25) is 0 Å². The van der Waals surface area contributed by atoms with Crippen molar-refractivity contribution < 1.29 is 4.79 Å². The number of aromatic nitrogens is 3. The molecule has 0 fully saturated rings. The fourth-order valence-corrected chi connectivity index (χ4v) is 3.34. The van der Waals surface area contributed by atoms with Crippen molar-refractivity contribution in [1.82, 2.24) is 14.5 Å². The van der Waals surface area contributed by atoms with Gasteiger partial charge in [0.1, 0.15) is 0 Å². The average molecular weight is 372 g/mol. The van der Waals surface area contributed by atoms with Crippen LogP contribution < -0.4 is 4.80 Å². The van der Waals surface area contributed by atoms with E-state index in [1.54, 1.807) is 0 Å². The highest BCUT2D eigenvalue weighted by Crippen LogP contribution is 2.13. The van der Waals surface area contributed by atoms with Crippen LogP contribution in [0.15, 0.2) is 89.6 Å². The van der Waals surface area contributed by atoms with E-state index in [0.717, 1.165) is 11.1 Å². The second kappa shape index (κ2) is 7.88. The summed E-state index contributed by atoms with van der Waals surface area (Å²) in [5.41, 5.74) is 2.43. The number of nitrogens with zero attached hydrogens (tertiary/aromatic N) is 4. The molecule has 4 rings (SSSR count). The van der Waals surface area contributed by atoms with Crippen LogP contribution in [0.2, 0.25) is 0 Å². The van der Waals surface area contributed by atoms with Gasteiger partial charge in [-0.3, -0.25) is 4.79 Å². The molecule has 0 radical (unpaired) electrons. The number of benzene rings is 2. The summed E-state index contributed by atoms with van der Waals surface area (Å²) in [6.45, 7) is 0.667. The third-order valence-electron chi connectivity index (χ3n) is 3.98. The van der Waals surface area contributed by atoms with Gasteiger partial charge in [-0.15, -0.1) is 11.3 Å². The van der Waals surface area contributed by atoms with Crippen molar-refractivity contribution in [2.75, 3.05) is 0 Å². The van der Waals surface area contributed by atoms with Gasteiger partial charge in [-0.25, -0.2) is 9.97 Å². The zero-order valence-electron chi connectivity index (χ0n) is 14.4. The molecule has 6 heteroatoms. The van der Waals surface area contributed by atoms with Crippen LogP contribution in [0.1, 0.15) is 15.9 Å². The lowest BCUT2D eigenvalue weighted by molar-refractivity contribution is 0.0997. The molecule has 0 saturated carbocycles. The Morgan fingerprint density at radius 2 is 1.63 bits per heavy atom. The zero-order valence-corrected chi connectivity index (χ0v) is 15.2. The Morgan fingerprint density at radius 1 is 0.963 bits per heavy atom. The second-order valence-electron chi connectivity index (χ2n) is 5.88. The Morgan fingerprint density at radius 3 is 2.33 bits per heavy atom. The molecule has 5 nitrogen and oxygen atoms in total. The lowest BCUT2D eigenvalue weighted by Crippen LogP contribution is -2.17. The van der Waals surface area contributed by atoms with E-state index in [9.17, 15) is 4.79 Å². The topological polar surface area (TPSA) is 60.1 Å². The molecular formula is C21H16N4OS. The van der Waals surface area contributed by atoms with Gasteiger partial charge in [0.15, 0.2) is 10.6 Å². The molecule has 0 unspecified atom stereocenters. The fraction of sp³-hybridized carbons (Fsp3) is 0.0476. The second-order valence-corrected chi connectivity index (χ2v) is 6.75. The Labute approximate surface area is 160 Å². The van der Waals surface area contributed by atoms with Gasteiger partial charge >= 0.3 is 0 Å². The maximum atomic E-state index is 12.5. The molecule has 2 aromatic heterocycles. The first-order valence-electron chi connectivity index (χ1n) is 8.44. The Balaban J connectivity index is 1.56. The van der Waals surface area contributed by atoms with Crippen molar-refractivity contribution in [3.8, 4) is 11.4 Å². The highest BCUT2D eigenvalue weighted by atomic mass is 32.1. The van der Waals surface area contributed by atoms with Crippen LogP contribution in [0.3, 0.4) is 0 Å². The monoisotopic (exact) mass is 372 g/mol. The minimum Gasteiger partial charge on any atom is -0.319 e. The summed E-state index contributed by atoms with van der Waals surface area (Å²) in [5, 5.41) is 1.92. The molecule has 0 aliphatic heterocycles. The van der Waals surface area contributed by atoms with Crippen molar-refractivity contribution >= 4 is 17.2 Å². The quantitative estimate of drug-likeness (QED) is 0.547. The number of carbonyl (C=O) groups excluding carboxylic acids is 1. The summed E-state index contributed by atoms with van der Waals surface area (Å²) in [4.78, 5) is 26.0. The Hall–Kier alpha value is -3.38. The molecule has 27 heavy (non-hydrogen) atoms. The highest BCUT2D eigenvalue weighted by molar-refractivity contribution is 7.07. The summed E-state index contributed by atoms with van der Waals surface area (Å²) >= 11 is 1.43. The normalized spacial score (nSPS) is 11.5. The van der Waals surface area contributed by atoms with Crippen LogP contribution in [0, 0.1) is 0 Å². The number of thiazole rings is 1. The summed E-state index contributed by atoms with van der Waals surface area (Å²) in [5.74, 6) is 0.237. The van der Waals surface area contributed by atoms with E-state index >= 15 is 0 Å². The van der Waals surface area contributed by atoms with Gasteiger partial charge in [0.25, 0.3) is 5.91 Å². The van der Waals surface area contributed by atoms with Crippen LogP contribution in [-0.2, 0) is 6.54 Å². The molecule has 0 spiro atoms. The van der Waals surface area contributed by atoms with Crippen LogP contribution in [-0.4, -0.2) is 20.4 Å². The smallest absolute Gasteiger partial charge is 0.282 e. The Bertz CT molecular complexity index is 1100.